The van der Waals surface area contributed by atoms with Gasteiger partial charge in [0.25, 0.3) is 0 Å². The predicted molar refractivity (Wildman–Crippen MR) is 177 cm³/mol. The lowest BCUT2D eigenvalue weighted by Crippen LogP contribution is -2.01. The minimum atomic E-state index is 0.624. The molecule has 1 radical (unpaired) electrons. The summed E-state index contributed by atoms with van der Waals surface area (Å²) in [6.07, 6.45) is 51.0. The Morgan fingerprint density at radius 1 is 0.410 bits per heavy atom. The van der Waals surface area contributed by atoms with E-state index >= 15 is 0 Å². The van der Waals surface area contributed by atoms with Crippen LogP contribution >= 0.6 is 0 Å². The molecule has 0 saturated heterocycles. The summed E-state index contributed by atoms with van der Waals surface area (Å²) in [6, 6.07) is 0. The molecule has 1 unspecified atom stereocenters. The Bertz CT molecular complexity index is 467. The maximum absolute atomic E-state index is 10.2. The first kappa shape index (κ1) is 38.4. The Balaban J connectivity index is 3.75. The highest BCUT2D eigenvalue weighted by atomic mass is 16.1. The van der Waals surface area contributed by atoms with Crippen molar-refractivity contribution < 1.29 is 4.79 Å². The van der Waals surface area contributed by atoms with Gasteiger partial charge < -0.3 is 0 Å². The van der Waals surface area contributed by atoms with E-state index < -0.39 is 0 Å². The van der Waals surface area contributed by atoms with Crippen LogP contribution in [0.3, 0.4) is 0 Å². The number of hydrogen-bond acceptors (Lipinski definition) is 1. The maximum atomic E-state index is 10.2. The molecule has 231 valence electrons. The van der Waals surface area contributed by atoms with E-state index in [1.165, 1.54) is 193 Å². The fourth-order valence-corrected chi connectivity index (χ4v) is 6.02. The van der Waals surface area contributed by atoms with Crippen LogP contribution in [0.4, 0.5) is 0 Å². The SMILES string of the molecule is CCCCCCCCCCCC(CCCCCCCC)CCCCCCCC/C=C\CCCCCCC[C]=O. The van der Waals surface area contributed by atoms with Crippen molar-refractivity contribution in [1.29, 1.82) is 0 Å². The summed E-state index contributed by atoms with van der Waals surface area (Å²) >= 11 is 0. The van der Waals surface area contributed by atoms with Gasteiger partial charge in [0.15, 0.2) is 6.29 Å². The van der Waals surface area contributed by atoms with Crippen LogP contribution in [0.1, 0.15) is 219 Å². The smallest absolute Gasteiger partial charge is 0.198 e. The number of carbonyl (C=O) groups excluding carboxylic acids is 1. The van der Waals surface area contributed by atoms with E-state index in [0.29, 0.717) is 6.42 Å². The van der Waals surface area contributed by atoms with Gasteiger partial charge in [0.1, 0.15) is 0 Å². The zero-order valence-corrected chi connectivity index (χ0v) is 27.3. The zero-order chi connectivity index (χ0) is 28.3. The third-order valence-corrected chi connectivity index (χ3v) is 8.73. The highest BCUT2D eigenvalue weighted by molar-refractivity contribution is 5.50. The molecule has 0 bridgehead atoms. The van der Waals surface area contributed by atoms with Crippen LogP contribution in [0.15, 0.2) is 12.2 Å². The lowest BCUT2D eigenvalue weighted by Gasteiger charge is -2.17. The van der Waals surface area contributed by atoms with Crippen molar-refractivity contribution in [2.24, 2.45) is 5.92 Å². The standard InChI is InChI=1S/C38H73O/c1-3-5-7-9-11-20-23-27-31-35-38(34-30-26-10-8-6-4-2)36-32-28-24-21-18-16-14-12-13-15-17-19-22-25-29-33-37-39/h12-13,38H,3-11,14-36H2,1-2H3/b13-12-. The summed E-state index contributed by atoms with van der Waals surface area (Å²) in [7, 11) is 0. The summed E-state index contributed by atoms with van der Waals surface area (Å²) in [4.78, 5) is 10.2. The summed E-state index contributed by atoms with van der Waals surface area (Å²) in [5.41, 5.74) is 0. The molecular formula is C38H73O. The van der Waals surface area contributed by atoms with Crippen molar-refractivity contribution in [1.82, 2.24) is 0 Å². The predicted octanol–water partition coefficient (Wildman–Crippen LogP) is 13.8. The monoisotopic (exact) mass is 546 g/mol. The molecule has 0 amide bonds. The lowest BCUT2D eigenvalue weighted by molar-refractivity contribution is 0.365. The molecule has 0 saturated carbocycles. The molecule has 0 aliphatic heterocycles. The number of rotatable bonds is 34. The van der Waals surface area contributed by atoms with E-state index in [1.807, 2.05) is 6.29 Å². The van der Waals surface area contributed by atoms with E-state index in [9.17, 15) is 4.79 Å². The van der Waals surface area contributed by atoms with Crippen LogP contribution < -0.4 is 0 Å². The van der Waals surface area contributed by atoms with Crippen molar-refractivity contribution in [2.75, 3.05) is 0 Å². The van der Waals surface area contributed by atoms with Crippen LogP contribution in [0.25, 0.3) is 0 Å². The summed E-state index contributed by atoms with van der Waals surface area (Å²) in [5, 5.41) is 0. The Morgan fingerprint density at radius 2 is 0.718 bits per heavy atom. The molecule has 1 atom stereocenters. The van der Waals surface area contributed by atoms with Gasteiger partial charge in [-0.1, -0.05) is 193 Å². The average molecular weight is 546 g/mol. The highest BCUT2D eigenvalue weighted by Crippen LogP contribution is 2.25. The Kier molecular flexibility index (Phi) is 34.9. The molecule has 0 heterocycles. The molecule has 0 aromatic carbocycles. The van der Waals surface area contributed by atoms with E-state index in [-0.39, 0.29) is 0 Å². The lowest BCUT2D eigenvalue weighted by atomic mass is 9.89. The molecule has 1 heteroatoms. The quantitative estimate of drug-likeness (QED) is 0.0580. The van der Waals surface area contributed by atoms with Crippen LogP contribution in [-0.2, 0) is 4.79 Å². The minimum absolute atomic E-state index is 0.624. The minimum Gasteiger partial charge on any atom is -0.291 e. The molecule has 0 spiro atoms. The molecular weight excluding hydrogens is 472 g/mol. The van der Waals surface area contributed by atoms with E-state index in [4.69, 9.17) is 0 Å². The molecule has 0 aliphatic rings. The normalized spacial score (nSPS) is 12.5. The van der Waals surface area contributed by atoms with Gasteiger partial charge in [-0.2, -0.15) is 0 Å². The molecule has 0 aromatic heterocycles. The number of unbranched alkanes of at least 4 members (excludes halogenated alkanes) is 25. The molecule has 0 N–H and O–H groups in total. The largest absolute Gasteiger partial charge is 0.291 e. The fraction of sp³-hybridized carbons (Fsp3) is 0.921. The van der Waals surface area contributed by atoms with Crippen molar-refractivity contribution in [3.8, 4) is 0 Å². The van der Waals surface area contributed by atoms with Gasteiger partial charge in [0, 0.05) is 6.42 Å². The first-order valence-electron chi connectivity index (χ1n) is 18.3. The average Bonchev–Trinajstić information content (AvgIpc) is 2.95. The zero-order valence-electron chi connectivity index (χ0n) is 27.3. The Labute approximate surface area is 248 Å². The van der Waals surface area contributed by atoms with E-state index in [1.54, 1.807) is 0 Å². The Morgan fingerprint density at radius 3 is 1.08 bits per heavy atom. The van der Waals surface area contributed by atoms with Gasteiger partial charge in [-0.15, -0.1) is 0 Å². The molecule has 0 aromatic rings. The summed E-state index contributed by atoms with van der Waals surface area (Å²) < 4.78 is 0. The van der Waals surface area contributed by atoms with Crippen molar-refractivity contribution in [3.63, 3.8) is 0 Å². The Hall–Kier alpha value is -0.590. The van der Waals surface area contributed by atoms with Gasteiger partial charge in [0.05, 0.1) is 0 Å². The number of allylic oxidation sites excluding steroid dienone is 2. The fourth-order valence-electron chi connectivity index (χ4n) is 6.02. The van der Waals surface area contributed by atoms with Crippen LogP contribution in [0.2, 0.25) is 0 Å². The molecule has 0 fully saturated rings. The van der Waals surface area contributed by atoms with Gasteiger partial charge in [-0.25, -0.2) is 0 Å². The maximum Gasteiger partial charge on any atom is 0.198 e. The summed E-state index contributed by atoms with van der Waals surface area (Å²) in [5.74, 6) is 1.01. The van der Waals surface area contributed by atoms with Gasteiger partial charge in [-0.05, 0) is 38.0 Å². The third-order valence-electron chi connectivity index (χ3n) is 8.73. The number of hydrogen-bond donors (Lipinski definition) is 0. The van der Waals surface area contributed by atoms with E-state index in [2.05, 4.69) is 26.0 Å². The first-order valence-corrected chi connectivity index (χ1v) is 18.3. The second-order valence-corrected chi connectivity index (χ2v) is 12.7. The van der Waals surface area contributed by atoms with Crippen molar-refractivity contribution >= 4 is 6.29 Å². The molecule has 1 nitrogen and oxygen atoms in total. The summed E-state index contributed by atoms with van der Waals surface area (Å²) in [6.45, 7) is 4.64. The second-order valence-electron chi connectivity index (χ2n) is 12.7. The second kappa shape index (κ2) is 35.4. The van der Waals surface area contributed by atoms with Gasteiger partial charge in [-0.3, -0.25) is 4.79 Å². The van der Waals surface area contributed by atoms with E-state index in [0.717, 1.165) is 12.3 Å². The topological polar surface area (TPSA) is 17.1 Å². The highest BCUT2D eigenvalue weighted by Gasteiger charge is 2.09. The molecule has 39 heavy (non-hydrogen) atoms. The van der Waals surface area contributed by atoms with Crippen LogP contribution in [0.5, 0.6) is 0 Å². The van der Waals surface area contributed by atoms with Crippen molar-refractivity contribution in [3.05, 3.63) is 12.2 Å². The van der Waals surface area contributed by atoms with Gasteiger partial charge in [0.2, 0.25) is 0 Å². The third kappa shape index (κ3) is 33.5. The van der Waals surface area contributed by atoms with Crippen LogP contribution in [0, 0.1) is 5.92 Å². The first-order chi connectivity index (χ1) is 19.3. The van der Waals surface area contributed by atoms with Crippen molar-refractivity contribution in [2.45, 2.75) is 219 Å². The molecule has 0 aliphatic carbocycles. The van der Waals surface area contributed by atoms with Gasteiger partial charge >= 0.3 is 0 Å². The molecule has 0 rings (SSSR count). The van der Waals surface area contributed by atoms with Crippen LogP contribution in [-0.4, -0.2) is 6.29 Å².